The van der Waals surface area contributed by atoms with Gasteiger partial charge in [-0.3, -0.25) is 0 Å². The Kier molecular flexibility index (Phi) is 3.42. The van der Waals surface area contributed by atoms with Gasteiger partial charge in [0.05, 0.1) is 0 Å². The van der Waals surface area contributed by atoms with Gasteiger partial charge in [-0.05, 0) is 54.8 Å². The maximum absolute atomic E-state index is 2.50. The first-order chi connectivity index (χ1) is 7.09. The summed E-state index contributed by atoms with van der Waals surface area (Å²) in [5.41, 5.74) is 0. The second-order valence-corrected chi connectivity index (χ2v) is 6.71. The molecule has 0 saturated heterocycles. The Morgan fingerprint density at radius 3 is 2.27 bits per heavy atom. The van der Waals surface area contributed by atoms with Crippen LogP contribution in [0.4, 0.5) is 0 Å². The van der Waals surface area contributed by atoms with Crippen LogP contribution in [0.15, 0.2) is 0 Å². The second-order valence-electron chi connectivity index (χ2n) is 6.71. The fourth-order valence-corrected chi connectivity index (χ4v) is 4.36. The van der Waals surface area contributed by atoms with Crippen molar-refractivity contribution in [1.29, 1.82) is 0 Å². The summed E-state index contributed by atoms with van der Waals surface area (Å²) < 4.78 is 0. The van der Waals surface area contributed by atoms with Gasteiger partial charge in [0.1, 0.15) is 0 Å². The summed E-state index contributed by atoms with van der Waals surface area (Å²) in [5.74, 6) is 6.10. The number of fused-ring (bicyclic) bond motifs is 1. The summed E-state index contributed by atoms with van der Waals surface area (Å²) in [6.07, 6.45) is 7.55. The fourth-order valence-electron chi connectivity index (χ4n) is 4.36. The van der Waals surface area contributed by atoms with Crippen LogP contribution in [0, 0.1) is 35.5 Å². The summed E-state index contributed by atoms with van der Waals surface area (Å²) in [5, 5.41) is 0. The molecule has 0 aromatic heterocycles. The Morgan fingerprint density at radius 2 is 1.60 bits per heavy atom. The lowest BCUT2D eigenvalue weighted by atomic mass is 9.57. The van der Waals surface area contributed by atoms with Gasteiger partial charge in [-0.1, -0.05) is 40.5 Å². The van der Waals surface area contributed by atoms with E-state index < -0.39 is 0 Å². The van der Waals surface area contributed by atoms with E-state index in [9.17, 15) is 0 Å². The highest BCUT2D eigenvalue weighted by molar-refractivity contribution is 4.90. The molecule has 0 amide bonds. The standard InChI is InChI=1S/C15H28/c1-10(2)13-8-6-12(4)14-7-5-11(3)9-15(13)14/h10-15H,5-9H2,1-4H3/t11-,12-,13+,14?,15?/m1/s1. The molecule has 0 heterocycles. The van der Waals surface area contributed by atoms with Gasteiger partial charge in [0.15, 0.2) is 0 Å². The van der Waals surface area contributed by atoms with Crippen molar-refractivity contribution in [2.24, 2.45) is 35.5 Å². The summed E-state index contributed by atoms with van der Waals surface area (Å²) in [6.45, 7) is 9.85. The van der Waals surface area contributed by atoms with E-state index in [0.717, 1.165) is 35.5 Å². The molecule has 2 rings (SSSR count). The third kappa shape index (κ3) is 2.24. The predicted molar refractivity (Wildman–Crippen MR) is 66.7 cm³/mol. The van der Waals surface area contributed by atoms with Crippen LogP contribution in [0.5, 0.6) is 0 Å². The highest BCUT2D eigenvalue weighted by atomic mass is 14.5. The fraction of sp³-hybridized carbons (Fsp3) is 1.00. The molecule has 2 fully saturated rings. The first-order valence-electron chi connectivity index (χ1n) is 7.09. The van der Waals surface area contributed by atoms with Crippen molar-refractivity contribution in [2.45, 2.75) is 59.8 Å². The highest BCUT2D eigenvalue weighted by Crippen LogP contribution is 2.50. The van der Waals surface area contributed by atoms with Crippen molar-refractivity contribution in [3.63, 3.8) is 0 Å². The van der Waals surface area contributed by atoms with E-state index in [0.29, 0.717) is 0 Å². The maximum Gasteiger partial charge on any atom is -0.0350 e. The Labute approximate surface area is 95.8 Å². The molecule has 2 aliphatic rings. The van der Waals surface area contributed by atoms with E-state index in [1.165, 1.54) is 32.1 Å². The van der Waals surface area contributed by atoms with Gasteiger partial charge >= 0.3 is 0 Å². The van der Waals surface area contributed by atoms with E-state index in [1.807, 2.05) is 0 Å². The molecule has 2 unspecified atom stereocenters. The zero-order valence-corrected chi connectivity index (χ0v) is 11.0. The molecular weight excluding hydrogens is 180 g/mol. The van der Waals surface area contributed by atoms with Crippen LogP contribution in [0.3, 0.4) is 0 Å². The minimum Gasteiger partial charge on any atom is -0.0625 e. The second kappa shape index (κ2) is 4.47. The SMILES string of the molecule is CC(C)[C@@H]1CC[C@@H](C)C2CC[C@@H](C)CC21. The van der Waals surface area contributed by atoms with Crippen molar-refractivity contribution in [2.75, 3.05) is 0 Å². The van der Waals surface area contributed by atoms with Crippen molar-refractivity contribution < 1.29 is 0 Å². The molecule has 15 heavy (non-hydrogen) atoms. The smallest absolute Gasteiger partial charge is 0.0350 e. The van der Waals surface area contributed by atoms with Crippen LogP contribution in [0.2, 0.25) is 0 Å². The van der Waals surface area contributed by atoms with Gasteiger partial charge in [-0.2, -0.15) is 0 Å². The van der Waals surface area contributed by atoms with E-state index in [2.05, 4.69) is 27.7 Å². The average Bonchev–Trinajstić information content (AvgIpc) is 2.17. The molecule has 0 heteroatoms. The van der Waals surface area contributed by atoms with E-state index in [1.54, 1.807) is 0 Å². The number of hydrogen-bond acceptors (Lipinski definition) is 0. The molecular formula is C15H28. The third-order valence-corrected chi connectivity index (χ3v) is 5.31. The van der Waals surface area contributed by atoms with Gasteiger partial charge in [-0.25, -0.2) is 0 Å². The van der Waals surface area contributed by atoms with Crippen LogP contribution in [0.1, 0.15) is 59.8 Å². The molecule has 0 N–H and O–H groups in total. The summed E-state index contributed by atoms with van der Waals surface area (Å²) >= 11 is 0. The minimum atomic E-state index is 0.912. The summed E-state index contributed by atoms with van der Waals surface area (Å²) in [4.78, 5) is 0. The van der Waals surface area contributed by atoms with E-state index in [4.69, 9.17) is 0 Å². The van der Waals surface area contributed by atoms with E-state index in [-0.39, 0.29) is 0 Å². The minimum absolute atomic E-state index is 0.912. The van der Waals surface area contributed by atoms with Crippen molar-refractivity contribution in [3.8, 4) is 0 Å². The lowest BCUT2D eigenvalue weighted by Crippen LogP contribution is -2.39. The van der Waals surface area contributed by atoms with Gasteiger partial charge in [0, 0.05) is 0 Å². The largest absolute Gasteiger partial charge is 0.0625 e. The monoisotopic (exact) mass is 208 g/mol. The molecule has 2 aliphatic carbocycles. The van der Waals surface area contributed by atoms with Gasteiger partial charge < -0.3 is 0 Å². The Morgan fingerprint density at radius 1 is 0.867 bits per heavy atom. The molecule has 0 spiro atoms. The zero-order chi connectivity index (χ0) is 11.0. The van der Waals surface area contributed by atoms with Crippen LogP contribution >= 0.6 is 0 Å². The maximum atomic E-state index is 2.50. The average molecular weight is 208 g/mol. The molecule has 0 aromatic carbocycles. The normalized spacial score (nSPS) is 46.6. The van der Waals surface area contributed by atoms with Crippen molar-refractivity contribution in [1.82, 2.24) is 0 Å². The van der Waals surface area contributed by atoms with Crippen molar-refractivity contribution >= 4 is 0 Å². The van der Waals surface area contributed by atoms with Crippen LogP contribution < -0.4 is 0 Å². The van der Waals surface area contributed by atoms with E-state index >= 15 is 0 Å². The third-order valence-electron chi connectivity index (χ3n) is 5.31. The Bertz CT molecular complexity index is 202. The first kappa shape index (κ1) is 11.5. The number of rotatable bonds is 1. The van der Waals surface area contributed by atoms with Gasteiger partial charge in [-0.15, -0.1) is 0 Å². The highest BCUT2D eigenvalue weighted by Gasteiger charge is 2.41. The van der Waals surface area contributed by atoms with Gasteiger partial charge in [0.25, 0.3) is 0 Å². The van der Waals surface area contributed by atoms with Crippen LogP contribution in [-0.4, -0.2) is 0 Å². The quantitative estimate of drug-likeness (QED) is 0.584. The molecule has 0 aliphatic heterocycles. The van der Waals surface area contributed by atoms with Crippen LogP contribution in [0.25, 0.3) is 0 Å². The zero-order valence-electron chi connectivity index (χ0n) is 11.0. The Hall–Kier alpha value is 0. The first-order valence-corrected chi connectivity index (χ1v) is 7.09. The van der Waals surface area contributed by atoms with Gasteiger partial charge in [0.2, 0.25) is 0 Å². The summed E-state index contributed by atoms with van der Waals surface area (Å²) in [7, 11) is 0. The molecule has 88 valence electrons. The molecule has 0 aromatic rings. The molecule has 0 radical (unpaired) electrons. The molecule has 0 bridgehead atoms. The Balaban J connectivity index is 2.10. The lowest BCUT2D eigenvalue weighted by molar-refractivity contribution is 0.0182. The van der Waals surface area contributed by atoms with Crippen LogP contribution in [-0.2, 0) is 0 Å². The lowest BCUT2D eigenvalue weighted by Gasteiger charge is -2.48. The number of hydrogen-bond donors (Lipinski definition) is 0. The molecule has 0 nitrogen and oxygen atoms in total. The molecule has 2 saturated carbocycles. The predicted octanol–water partition coefficient (Wildman–Crippen LogP) is 4.74. The summed E-state index contributed by atoms with van der Waals surface area (Å²) in [6, 6.07) is 0. The molecule has 5 atom stereocenters. The topological polar surface area (TPSA) is 0 Å². The van der Waals surface area contributed by atoms with Crippen molar-refractivity contribution in [3.05, 3.63) is 0 Å².